The fourth-order valence-electron chi connectivity index (χ4n) is 4.22. The average Bonchev–Trinajstić information content (AvgIpc) is 3.20. The van der Waals surface area contributed by atoms with Gasteiger partial charge < -0.3 is 15.3 Å². The van der Waals surface area contributed by atoms with E-state index in [1.54, 1.807) is 6.07 Å². The number of hydrogen-bond acceptors (Lipinski definition) is 6. The molecule has 0 unspecified atom stereocenters. The molecule has 154 valence electrons. The Kier molecular flexibility index (Phi) is 5.09. The van der Waals surface area contributed by atoms with E-state index in [9.17, 15) is 5.11 Å². The highest BCUT2D eigenvalue weighted by atomic mass is 16.3. The Morgan fingerprint density at radius 2 is 1.83 bits per heavy atom. The van der Waals surface area contributed by atoms with Crippen LogP contribution in [0.15, 0.2) is 48.7 Å². The molecule has 6 nitrogen and oxygen atoms in total. The van der Waals surface area contributed by atoms with Crippen molar-refractivity contribution in [3.63, 3.8) is 0 Å². The summed E-state index contributed by atoms with van der Waals surface area (Å²) >= 11 is 0. The molecular formula is C24H27N5O. The third-order valence-corrected chi connectivity index (χ3v) is 6.26. The number of hydrogen-bond donors (Lipinski definition) is 2. The second-order valence-electron chi connectivity index (χ2n) is 8.42. The van der Waals surface area contributed by atoms with Gasteiger partial charge in [-0.25, -0.2) is 0 Å². The zero-order chi connectivity index (χ0) is 20.5. The molecule has 30 heavy (non-hydrogen) atoms. The molecule has 1 aromatic carbocycles. The summed E-state index contributed by atoms with van der Waals surface area (Å²) in [7, 11) is 0. The number of rotatable bonds is 5. The van der Waals surface area contributed by atoms with E-state index in [1.807, 2.05) is 49.5 Å². The summed E-state index contributed by atoms with van der Waals surface area (Å²) < 4.78 is 0. The van der Waals surface area contributed by atoms with Gasteiger partial charge in [0.05, 0.1) is 5.69 Å². The van der Waals surface area contributed by atoms with Crippen molar-refractivity contribution in [2.45, 2.75) is 44.7 Å². The fourth-order valence-corrected chi connectivity index (χ4v) is 4.22. The first kappa shape index (κ1) is 19.0. The van der Waals surface area contributed by atoms with Crippen molar-refractivity contribution in [1.82, 2.24) is 20.5 Å². The highest BCUT2D eigenvalue weighted by Crippen LogP contribution is 2.33. The van der Waals surface area contributed by atoms with Crippen LogP contribution >= 0.6 is 0 Å². The van der Waals surface area contributed by atoms with Gasteiger partial charge in [-0.2, -0.15) is 0 Å². The first-order valence-corrected chi connectivity index (χ1v) is 10.8. The number of phenolic OH excluding ortho intramolecular Hbond substituents is 1. The molecule has 5 rings (SSSR count). The standard InChI is InChI=1S/C24H27N5O/c1-16-5-6-18(14-25-16)17-7-8-21(23(30)13-17)22-9-10-24(28-27-22)29-12-11-20(15-29)26-19-3-2-4-19/h5-10,13-14,19-20,26,30H,2-4,11-12,15H2,1H3/t20-/m1/s1. The van der Waals surface area contributed by atoms with Crippen LogP contribution in [0.4, 0.5) is 5.82 Å². The monoisotopic (exact) mass is 401 g/mol. The Labute approximate surface area is 177 Å². The SMILES string of the molecule is Cc1ccc(-c2ccc(-c3ccc(N4CC[C@@H](NC5CCC5)C4)nn3)c(O)c2)cn1. The molecule has 0 radical (unpaired) electrons. The van der Waals surface area contributed by atoms with Crippen molar-refractivity contribution >= 4 is 5.82 Å². The first-order chi connectivity index (χ1) is 14.7. The zero-order valence-corrected chi connectivity index (χ0v) is 17.3. The fraction of sp³-hybridized carbons (Fsp3) is 0.375. The minimum atomic E-state index is 0.195. The van der Waals surface area contributed by atoms with Gasteiger partial charge in [0.15, 0.2) is 5.82 Å². The van der Waals surface area contributed by atoms with Crippen LogP contribution in [0.5, 0.6) is 5.75 Å². The van der Waals surface area contributed by atoms with Gasteiger partial charge in [-0.15, -0.1) is 10.2 Å². The molecule has 2 aromatic heterocycles. The van der Waals surface area contributed by atoms with Crippen molar-refractivity contribution in [3.8, 4) is 28.1 Å². The van der Waals surface area contributed by atoms with E-state index in [0.29, 0.717) is 23.3 Å². The predicted octanol–water partition coefficient (Wildman–Crippen LogP) is 3.94. The van der Waals surface area contributed by atoms with Crippen LogP contribution in [-0.2, 0) is 0 Å². The molecule has 0 amide bonds. The van der Waals surface area contributed by atoms with Crippen LogP contribution < -0.4 is 10.2 Å². The van der Waals surface area contributed by atoms with Crippen molar-refractivity contribution in [3.05, 3.63) is 54.4 Å². The van der Waals surface area contributed by atoms with Crippen LogP contribution in [0.1, 0.15) is 31.4 Å². The number of aromatic nitrogens is 3. The van der Waals surface area contributed by atoms with Gasteiger partial charge in [0.25, 0.3) is 0 Å². The summed E-state index contributed by atoms with van der Waals surface area (Å²) in [5, 5.41) is 23.2. The van der Waals surface area contributed by atoms with Gasteiger partial charge >= 0.3 is 0 Å². The van der Waals surface area contributed by atoms with Crippen molar-refractivity contribution < 1.29 is 5.11 Å². The Morgan fingerprint density at radius 1 is 0.967 bits per heavy atom. The van der Waals surface area contributed by atoms with E-state index in [2.05, 4.69) is 25.4 Å². The predicted molar refractivity (Wildman–Crippen MR) is 118 cm³/mol. The van der Waals surface area contributed by atoms with Crippen LogP contribution in [0, 0.1) is 6.92 Å². The molecule has 3 aromatic rings. The molecule has 6 heteroatoms. The molecule has 3 heterocycles. The van der Waals surface area contributed by atoms with E-state index in [1.165, 1.54) is 19.3 Å². The molecule has 0 bridgehead atoms. The van der Waals surface area contributed by atoms with E-state index in [-0.39, 0.29) is 5.75 Å². The van der Waals surface area contributed by atoms with Crippen LogP contribution in [-0.4, -0.2) is 45.5 Å². The Balaban J connectivity index is 1.29. The lowest BCUT2D eigenvalue weighted by Gasteiger charge is -2.29. The Bertz CT molecular complexity index is 1010. The Morgan fingerprint density at radius 3 is 2.50 bits per heavy atom. The number of benzene rings is 1. The normalized spacial score (nSPS) is 19.1. The van der Waals surface area contributed by atoms with E-state index in [4.69, 9.17) is 0 Å². The third kappa shape index (κ3) is 3.87. The number of aromatic hydroxyl groups is 1. The average molecular weight is 402 g/mol. The summed E-state index contributed by atoms with van der Waals surface area (Å²) in [5.41, 5.74) is 4.23. The number of nitrogens with zero attached hydrogens (tertiary/aromatic N) is 4. The number of phenols is 1. The van der Waals surface area contributed by atoms with Gasteiger partial charge in [0.1, 0.15) is 5.75 Å². The molecule has 1 saturated carbocycles. The van der Waals surface area contributed by atoms with Crippen LogP contribution in [0.3, 0.4) is 0 Å². The summed E-state index contributed by atoms with van der Waals surface area (Å²) in [6.07, 6.45) is 6.95. The highest BCUT2D eigenvalue weighted by Gasteiger charge is 2.27. The Hall–Kier alpha value is -2.99. The van der Waals surface area contributed by atoms with Gasteiger partial charge in [0, 0.05) is 48.2 Å². The van der Waals surface area contributed by atoms with Crippen LogP contribution in [0.2, 0.25) is 0 Å². The number of anilines is 1. The molecule has 2 N–H and O–H groups in total. The summed E-state index contributed by atoms with van der Waals surface area (Å²) in [4.78, 5) is 6.62. The van der Waals surface area contributed by atoms with E-state index >= 15 is 0 Å². The van der Waals surface area contributed by atoms with Gasteiger partial charge in [0.2, 0.25) is 0 Å². The lowest BCUT2D eigenvalue weighted by molar-refractivity contribution is 0.311. The topological polar surface area (TPSA) is 74.2 Å². The van der Waals surface area contributed by atoms with Crippen LogP contribution in [0.25, 0.3) is 22.4 Å². The molecule has 1 saturated heterocycles. The lowest BCUT2D eigenvalue weighted by atomic mass is 9.92. The summed E-state index contributed by atoms with van der Waals surface area (Å²) in [6.45, 7) is 3.94. The number of aryl methyl sites for hydroxylation is 1. The van der Waals surface area contributed by atoms with Crippen molar-refractivity contribution in [2.75, 3.05) is 18.0 Å². The van der Waals surface area contributed by atoms with E-state index in [0.717, 1.165) is 42.1 Å². The zero-order valence-electron chi connectivity index (χ0n) is 17.3. The molecule has 1 atom stereocenters. The molecule has 1 aliphatic carbocycles. The van der Waals surface area contributed by atoms with Gasteiger partial charge in [-0.1, -0.05) is 18.6 Å². The minimum absolute atomic E-state index is 0.195. The summed E-state index contributed by atoms with van der Waals surface area (Å²) in [5.74, 6) is 1.10. The minimum Gasteiger partial charge on any atom is -0.507 e. The number of nitrogens with one attached hydrogen (secondary N) is 1. The molecule has 1 aliphatic heterocycles. The van der Waals surface area contributed by atoms with Crippen molar-refractivity contribution in [2.24, 2.45) is 0 Å². The first-order valence-electron chi connectivity index (χ1n) is 10.8. The largest absolute Gasteiger partial charge is 0.507 e. The number of pyridine rings is 1. The summed E-state index contributed by atoms with van der Waals surface area (Å²) in [6, 6.07) is 14.8. The van der Waals surface area contributed by atoms with Gasteiger partial charge in [-0.3, -0.25) is 4.98 Å². The molecule has 0 spiro atoms. The smallest absolute Gasteiger partial charge is 0.151 e. The second kappa shape index (κ2) is 8.03. The maximum absolute atomic E-state index is 10.6. The quantitative estimate of drug-likeness (QED) is 0.675. The maximum atomic E-state index is 10.6. The highest BCUT2D eigenvalue weighted by molar-refractivity contribution is 5.74. The second-order valence-corrected chi connectivity index (χ2v) is 8.42. The lowest BCUT2D eigenvalue weighted by Crippen LogP contribution is -2.43. The van der Waals surface area contributed by atoms with Crippen molar-refractivity contribution in [1.29, 1.82) is 0 Å². The molecule has 2 aliphatic rings. The van der Waals surface area contributed by atoms with E-state index < -0.39 is 0 Å². The maximum Gasteiger partial charge on any atom is 0.151 e. The van der Waals surface area contributed by atoms with Gasteiger partial charge in [-0.05, 0) is 62.1 Å². The molecule has 2 fully saturated rings. The third-order valence-electron chi connectivity index (χ3n) is 6.26. The molecular weight excluding hydrogens is 374 g/mol.